The molecular weight excluding hydrogens is 298 g/mol. The Balaban J connectivity index is 2.06. The number of rotatable bonds is 4. The summed E-state index contributed by atoms with van der Waals surface area (Å²) in [5.41, 5.74) is 4.71. The standard InChI is InChI=1S/C13H15NO6S/c1-21(17,18)11-10(13(11,5-14)12(15)16)7-2-3-8-9(4-7)20-6-19-8/h2-4,10-11H,5-6,14H2,1H3,(H,15,16)/t10-,11-,13+/m1/s1. The second-order valence-corrected chi connectivity index (χ2v) is 7.56. The Bertz CT molecular complexity index is 715. The van der Waals surface area contributed by atoms with Crippen LogP contribution >= 0.6 is 0 Å². The topological polar surface area (TPSA) is 116 Å². The highest BCUT2D eigenvalue weighted by atomic mass is 32.2. The molecule has 1 aromatic carbocycles. The molecule has 0 bridgehead atoms. The lowest BCUT2D eigenvalue weighted by atomic mass is 9.99. The molecule has 0 amide bonds. The summed E-state index contributed by atoms with van der Waals surface area (Å²) in [5, 5.41) is 8.44. The zero-order valence-corrected chi connectivity index (χ0v) is 12.1. The maximum atomic E-state index is 11.9. The molecule has 0 aromatic heterocycles. The van der Waals surface area contributed by atoms with Gasteiger partial charge in [0.15, 0.2) is 21.3 Å². The number of aliphatic carboxylic acids is 1. The molecule has 3 atom stereocenters. The van der Waals surface area contributed by atoms with Gasteiger partial charge >= 0.3 is 5.97 Å². The number of sulfone groups is 1. The van der Waals surface area contributed by atoms with Crippen LogP contribution in [-0.2, 0) is 14.6 Å². The molecule has 1 fully saturated rings. The first-order chi connectivity index (χ1) is 9.82. The fourth-order valence-corrected chi connectivity index (χ4v) is 5.12. The lowest BCUT2D eigenvalue weighted by Crippen LogP contribution is -2.31. The molecule has 7 nitrogen and oxygen atoms in total. The van der Waals surface area contributed by atoms with Gasteiger partial charge in [0, 0.05) is 18.7 Å². The van der Waals surface area contributed by atoms with Crippen LogP contribution in [0, 0.1) is 5.41 Å². The summed E-state index contributed by atoms with van der Waals surface area (Å²) in [4.78, 5) is 11.6. The van der Waals surface area contributed by atoms with E-state index in [2.05, 4.69) is 0 Å². The molecule has 3 rings (SSSR count). The molecule has 1 aliphatic heterocycles. The van der Waals surface area contributed by atoms with E-state index in [4.69, 9.17) is 15.2 Å². The van der Waals surface area contributed by atoms with Gasteiger partial charge in [0.2, 0.25) is 6.79 Å². The first-order valence-corrected chi connectivity index (χ1v) is 8.29. The Morgan fingerprint density at radius 1 is 1.43 bits per heavy atom. The number of nitrogens with two attached hydrogens (primary N) is 1. The highest BCUT2D eigenvalue weighted by molar-refractivity contribution is 7.91. The van der Waals surface area contributed by atoms with E-state index in [1.165, 1.54) is 0 Å². The van der Waals surface area contributed by atoms with Gasteiger partial charge in [0.05, 0.1) is 5.25 Å². The van der Waals surface area contributed by atoms with E-state index in [1.807, 2.05) is 0 Å². The Morgan fingerprint density at radius 2 is 2.10 bits per heavy atom. The van der Waals surface area contributed by atoms with Crippen molar-refractivity contribution >= 4 is 15.8 Å². The maximum Gasteiger partial charge on any atom is 0.312 e. The van der Waals surface area contributed by atoms with Crippen LogP contribution in [0.1, 0.15) is 11.5 Å². The van der Waals surface area contributed by atoms with Crippen LogP contribution in [0.15, 0.2) is 18.2 Å². The Labute approximate surface area is 121 Å². The van der Waals surface area contributed by atoms with Gasteiger partial charge in [-0.15, -0.1) is 0 Å². The van der Waals surface area contributed by atoms with Gasteiger partial charge in [0.25, 0.3) is 0 Å². The number of hydrogen-bond donors (Lipinski definition) is 2. The van der Waals surface area contributed by atoms with Crippen LogP contribution < -0.4 is 15.2 Å². The number of fused-ring (bicyclic) bond motifs is 1. The van der Waals surface area contributed by atoms with Crippen LogP contribution in [0.5, 0.6) is 11.5 Å². The molecule has 114 valence electrons. The predicted molar refractivity (Wildman–Crippen MR) is 73.1 cm³/mol. The number of carbonyl (C=O) groups is 1. The van der Waals surface area contributed by atoms with E-state index in [-0.39, 0.29) is 13.3 Å². The highest BCUT2D eigenvalue weighted by Crippen LogP contribution is 2.63. The SMILES string of the molecule is CS(=O)(=O)[C@@H]1[C@@H](c2ccc3c(c2)OCO3)[C@]1(CN)C(=O)O. The van der Waals surface area contributed by atoms with E-state index in [1.54, 1.807) is 18.2 Å². The molecule has 0 radical (unpaired) electrons. The zero-order chi connectivity index (χ0) is 15.4. The quantitative estimate of drug-likeness (QED) is 0.801. The summed E-state index contributed by atoms with van der Waals surface area (Å²) in [7, 11) is -3.54. The molecule has 1 saturated carbocycles. The molecular formula is C13H15NO6S. The third-order valence-electron chi connectivity index (χ3n) is 4.21. The molecule has 0 spiro atoms. The fourth-order valence-electron chi connectivity index (χ4n) is 3.20. The van der Waals surface area contributed by atoms with Gasteiger partial charge in [-0.2, -0.15) is 0 Å². The van der Waals surface area contributed by atoms with Crippen LogP contribution in [0.4, 0.5) is 0 Å². The van der Waals surface area contributed by atoms with Gasteiger partial charge in [-0.05, 0) is 17.7 Å². The summed E-state index contributed by atoms with van der Waals surface area (Å²) >= 11 is 0. The van der Waals surface area contributed by atoms with Gasteiger partial charge in [-0.3, -0.25) is 4.79 Å². The Kier molecular flexibility index (Phi) is 2.93. The van der Waals surface area contributed by atoms with Crippen molar-refractivity contribution in [2.24, 2.45) is 11.1 Å². The minimum Gasteiger partial charge on any atom is -0.481 e. The monoisotopic (exact) mass is 313 g/mol. The maximum absolute atomic E-state index is 11.9. The summed E-state index contributed by atoms with van der Waals surface area (Å²) in [6.45, 7) is -0.140. The smallest absolute Gasteiger partial charge is 0.312 e. The molecule has 3 N–H and O–H groups in total. The largest absolute Gasteiger partial charge is 0.481 e. The number of benzene rings is 1. The van der Waals surface area contributed by atoms with Crippen molar-refractivity contribution in [3.05, 3.63) is 23.8 Å². The third kappa shape index (κ3) is 1.90. The number of ether oxygens (including phenoxy) is 2. The normalized spacial score (nSPS) is 30.2. The average molecular weight is 313 g/mol. The van der Waals surface area contributed by atoms with Crippen molar-refractivity contribution in [3.63, 3.8) is 0 Å². The van der Waals surface area contributed by atoms with Crippen LogP contribution in [0.25, 0.3) is 0 Å². The average Bonchev–Trinajstić information content (AvgIpc) is 2.92. The van der Waals surface area contributed by atoms with Crippen molar-refractivity contribution < 1.29 is 27.8 Å². The minimum atomic E-state index is -3.54. The molecule has 1 heterocycles. The van der Waals surface area contributed by atoms with Crippen LogP contribution in [-0.4, -0.2) is 44.3 Å². The van der Waals surface area contributed by atoms with Crippen molar-refractivity contribution in [2.45, 2.75) is 11.2 Å². The lowest BCUT2D eigenvalue weighted by Gasteiger charge is -2.09. The van der Waals surface area contributed by atoms with E-state index >= 15 is 0 Å². The van der Waals surface area contributed by atoms with Crippen LogP contribution in [0.3, 0.4) is 0 Å². The molecule has 1 aliphatic carbocycles. The van der Waals surface area contributed by atoms with E-state index in [0.717, 1.165) is 6.26 Å². The lowest BCUT2D eigenvalue weighted by molar-refractivity contribution is -0.143. The highest BCUT2D eigenvalue weighted by Gasteiger charge is 2.74. The van der Waals surface area contributed by atoms with Crippen molar-refractivity contribution in [2.75, 3.05) is 19.6 Å². The zero-order valence-electron chi connectivity index (χ0n) is 11.3. The molecule has 1 aromatic rings. The second kappa shape index (κ2) is 4.35. The summed E-state index contributed by atoms with van der Waals surface area (Å²) in [6.07, 6.45) is 1.04. The Hall–Kier alpha value is -1.80. The third-order valence-corrected chi connectivity index (χ3v) is 5.82. The van der Waals surface area contributed by atoms with Gasteiger partial charge < -0.3 is 20.3 Å². The van der Waals surface area contributed by atoms with Crippen molar-refractivity contribution in [1.82, 2.24) is 0 Å². The predicted octanol–water partition coefficient (Wildman–Crippen LogP) is -0.0446. The first-order valence-electron chi connectivity index (χ1n) is 6.34. The van der Waals surface area contributed by atoms with Gasteiger partial charge in [-0.25, -0.2) is 8.42 Å². The van der Waals surface area contributed by atoms with E-state index in [9.17, 15) is 18.3 Å². The fraction of sp³-hybridized carbons (Fsp3) is 0.462. The summed E-state index contributed by atoms with van der Waals surface area (Å²) in [5.74, 6) is -0.820. The first kappa shape index (κ1) is 14.2. The minimum absolute atomic E-state index is 0.0971. The molecule has 0 saturated heterocycles. The Morgan fingerprint density at radius 3 is 2.62 bits per heavy atom. The number of hydrogen-bond acceptors (Lipinski definition) is 6. The summed E-state index contributed by atoms with van der Waals surface area (Å²) < 4.78 is 34.3. The van der Waals surface area contributed by atoms with Gasteiger partial charge in [0.1, 0.15) is 5.41 Å². The van der Waals surface area contributed by atoms with E-state index < -0.39 is 32.4 Å². The molecule has 21 heavy (non-hydrogen) atoms. The molecule has 2 aliphatic rings. The van der Waals surface area contributed by atoms with Crippen molar-refractivity contribution in [1.29, 1.82) is 0 Å². The molecule has 8 heteroatoms. The van der Waals surface area contributed by atoms with Gasteiger partial charge in [-0.1, -0.05) is 6.07 Å². The van der Waals surface area contributed by atoms with Crippen LogP contribution in [0.2, 0.25) is 0 Å². The summed E-state index contributed by atoms with van der Waals surface area (Å²) in [6, 6.07) is 4.95. The van der Waals surface area contributed by atoms with E-state index in [0.29, 0.717) is 17.1 Å². The molecule has 0 unspecified atom stereocenters. The number of carboxylic acids is 1. The van der Waals surface area contributed by atoms with Crippen molar-refractivity contribution in [3.8, 4) is 11.5 Å². The number of carboxylic acid groups (broad SMARTS) is 1. The second-order valence-electron chi connectivity index (χ2n) is 5.39.